The van der Waals surface area contributed by atoms with Crippen molar-refractivity contribution in [3.63, 3.8) is 0 Å². The van der Waals surface area contributed by atoms with Crippen LogP contribution < -0.4 is 25.8 Å². The predicted octanol–water partition coefficient (Wildman–Crippen LogP) is 4.49. The van der Waals surface area contributed by atoms with Crippen LogP contribution >= 0.6 is 0 Å². The van der Waals surface area contributed by atoms with Gasteiger partial charge in [0.25, 0.3) is 11.5 Å². The third-order valence-corrected chi connectivity index (χ3v) is 9.36. The summed E-state index contributed by atoms with van der Waals surface area (Å²) in [6.07, 6.45) is 2.28. The Morgan fingerprint density at radius 1 is 0.956 bits per heavy atom. The second kappa shape index (κ2) is 12.2. The Morgan fingerprint density at radius 3 is 2.49 bits per heavy atom. The van der Waals surface area contributed by atoms with Crippen LogP contribution in [0.5, 0.6) is 5.75 Å². The zero-order chi connectivity index (χ0) is 31.0. The fraction of sp³-hybridized carbons (Fsp3) is 0.441. The highest BCUT2D eigenvalue weighted by atomic mass is 16.7. The van der Waals surface area contributed by atoms with Crippen molar-refractivity contribution in [2.45, 2.75) is 44.4 Å². The minimum atomic E-state index is -0.567. The molecule has 0 radical (unpaired) electrons. The van der Waals surface area contributed by atoms with Crippen LogP contribution in [0.1, 0.15) is 48.2 Å². The molecule has 4 aliphatic rings. The summed E-state index contributed by atoms with van der Waals surface area (Å²) in [5.41, 5.74) is 3.63. The lowest BCUT2D eigenvalue weighted by atomic mass is 9.83. The standard InChI is InChI=1S/C34H39N5O6/c1-2-43-27-9-7-26(8-10-27)35-33(42)36-28-19-24(32(41)37-14-12-34(13-15-37)44-16-17-45-34)6-11-30(28)38-20-23-18-25(22-38)29-4-3-5-31(40)39(29)21-23/h3-11,19,23,25H,2,12-18,20-22H2,1H3,(H2,35,36,42). The summed E-state index contributed by atoms with van der Waals surface area (Å²) in [7, 11) is 0. The van der Waals surface area contributed by atoms with Crippen molar-refractivity contribution in [1.29, 1.82) is 0 Å². The van der Waals surface area contributed by atoms with E-state index in [-0.39, 0.29) is 17.4 Å². The van der Waals surface area contributed by atoms with Crippen LogP contribution in [0.2, 0.25) is 0 Å². The Morgan fingerprint density at radius 2 is 1.73 bits per heavy atom. The van der Waals surface area contributed by atoms with Crippen molar-refractivity contribution in [3.8, 4) is 5.75 Å². The molecule has 2 unspecified atom stereocenters. The summed E-state index contributed by atoms with van der Waals surface area (Å²) < 4.78 is 19.1. The number of nitrogens with zero attached hydrogens (tertiary/aromatic N) is 3. The number of hydrogen-bond acceptors (Lipinski definition) is 7. The Kier molecular flexibility index (Phi) is 7.97. The van der Waals surface area contributed by atoms with E-state index in [1.807, 2.05) is 52.8 Å². The lowest BCUT2D eigenvalue weighted by molar-refractivity contribution is -0.181. The molecule has 3 aromatic rings. The number of ether oxygens (including phenoxy) is 3. The van der Waals surface area contributed by atoms with Gasteiger partial charge in [-0.25, -0.2) is 4.79 Å². The molecule has 45 heavy (non-hydrogen) atoms. The number of nitrogens with one attached hydrogen (secondary N) is 2. The maximum Gasteiger partial charge on any atom is 0.323 e. The van der Waals surface area contributed by atoms with E-state index in [1.54, 1.807) is 24.3 Å². The predicted molar refractivity (Wildman–Crippen MR) is 170 cm³/mol. The summed E-state index contributed by atoms with van der Waals surface area (Å²) in [5, 5.41) is 5.94. The van der Waals surface area contributed by atoms with Crippen molar-refractivity contribution in [2.24, 2.45) is 5.92 Å². The number of carbonyl (C=O) groups is 2. The number of anilines is 3. The molecule has 1 aromatic heterocycles. The lowest BCUT2D eigenvalue weighted by Crippen LogP contribution is -2.47. The highest BCUT2D eigenvalue weighted by molar-refractivity contribution is 6.04. The number of carbonyl (C=O) groups excluding carboxylic acids is 2. The van der Waals surface area contributed by atoms with E-state index in [2.05, 4.69) is 15.5 Å². The van der Waals surface area contributed by atoms with Crippen LogP contribution in [0, 0.1) is 5.92 Å². The monoisotopic (exact) mass is 613 g/mol. The van der Waals surface area contributed by atoms with Crippen LogP contribution in [0.4, 0.5) is 21.9 Å². The summed E-state index contributed by atoms with van der Waals surface area (Å²) >= 11 is 0. The molecule has 11 nitrogen and oxygen atoms in total. The number of hydrogen-bond donors (Lipinski definition) is 2. The van der Waals surface area contributed by atoms with Crippen LogP contribution in [-0.4, -0.2) is 73.2 Å². The first kappa shape index (κ1) is 29.4. The quantitative estimate of drug-likeness (QED) is 0.421. The van der Waals surface area contributed by atoms with Gasteiger partial charge in [-0.2, -0.15) is 0 Å². The fourth-order valence-electron chi connectivity index (χ4n) is 7.24. The summed E-state index contributed by atoms with van der Waals surface area (Å²) in [6.45, 7) is 6.85. The number of likely N-dealkylation sites (tertiary alicyclic amines) is 1. The number of pyridine rings is 1. The van der Waals surface area contributed by atoms with E-state index in [0.29, 0.717) is 81.7 Å². The van der Waals surface area contributed by atoms with Crippen LogP contribution in [0.25, 0.3) is 0 Å². The molecule has 0 aliphatic carbocycles. The number of fused-ring (bicyclic) bond motifs is 4. The molecule has 5 heterocycles. The van der Waals surface area contributed by atoms with Crippen molar-refractivity contribution in [2.75, 3.05) is 61.5 Å². The van der Waals surface area contributed by atoms with Gasteiger partial charge in [-0.3, -0.25) is 9.59 Å². The van der Waals surface area contributed by atoms with Crippen molar-refractivity contribution in [1.82, 2.24) is 9.47 Å². The van der Waals surface area contributed by atoms with Crippen molar-refractivity contribution in [3.05, 3.63) is 82.3 Å². The van der Waals surface area contributed by atoms with Crippen LogP contribution in [0.3, 0.4) is 0 Å². The first-order valence-electron chi connectivity index (χ1n) is 15.9. The van der Waals surface area contributed by atoms with E-state index >= 15 is 0 Å². The minimum Gasteiger partial charge on any atom is -0.494 e. The first-order valence-corrected chi connectivity index (χ1v) is 15.9. The smallest absolute Gasteiger partial charge is 0.323 e. The van der Waals surface area contributed by atoms with Crippen LogP contribution in [0.15, 0.2) is 65.5 Å². The number of amides is 3. The molecule has 3 amide bonds. The molecule has 2 N–H and O–H groups in total. The zero-order valence-corrected chi connectivity index (χ0v) is 25.5. The fourth-order valence-corrected chi connectivity index (χ4v) is 7.24. The lowest BCUT2D eigenvalue weighted by Gasteiger charge is -2.44. The Labute approximate surface area is 262 Å². The molecule has 2 bridgehead atoms. The molecule has 7 rings (SSSR count). The average Bonchev–Trinajstić information content (AvgIpc) is 3.50. The number of benzene rings is 2. The molecule has 3 saturated heterocycles. The third kappa shape index (κ3) is 6.02. The van der Waals surface area contributed by atoms with Gasteiger partial charge in [0.05, 0.1) is 31.2 Å². The van der Waals surface area contributed by atoms with Gasteiger partial charge in [-0.05, 0) is 67.8 Å². The van der Waals surface area contributed by atoms with Gasteiger partial charge >= 0.3 is 6.03 Å². The minimum absolute atomic E-state index is 0.0431. The van der Waals surface area contributed by atoms with Gasteiger partial charge in [-0.15, -0.1) is 0 Å². The zero-order valence-electron chi connectivity index (χ0n) is 25.5. The third-order valence-electron chi connectivity index (χ3n) is 9.36. The Balaban J connectivity index is 1.14. The summed E-state index contributed by atoms with van der Waals surface area (Å²) in [5.74, 6) is 0.560. The largest absolute Gasteiger partial charge is 0.494 e. The van der Waals surface area contributed by atoms with Crippen molar-refractivity contribution >= 4 is 29.0 Å². The average molecular weight is 614 g/mol. The number of aromatic nitrogens is 1. The maximum absolute atomic E-state index is 13.7. The van der Waals surface area contributed by atoms with E-state index in [9.17, 15) is 14.4 Å². The van der Waals surface area contributed by atoms with Gasteiger partial charge in [-0.1, -0.05) is 6.07 Å². The molecule has 11 heteroatoms. The van der Waals surface area contributed by atoms with E-state index < -0.39 is 11.8 Å². The van der Waals surface area contributed by atoms with Gasteiger partial charge in [0.15, 0.2) is 5.79 Å². The summed E-state index contributed by atoms with van der Waals surface area (Å²) in [4.78, 5) is 43.7. The normalized spacial score (nSPS) is 21.7. The molecule has 236 valence electrons. The van der Waals surface area contributed by atoms with Gasteiger partial charge in [0.1, 0.15) is 5.75 Å². The second-order valence-corrected chi connectivity index (χ2v) is 12.3. The molecular weight excluding hydrogens is 574 g/mol. The van der Waals surface area contributed by atoms with Gasteiger partial charge < -0.3 is 39.2 Å². The Bertz CT molecular complexity index is 1620. The second-order valence-electron chi connectivity index (χ2n) is 12.3. The van der Waals surface area contributed by atoms with Crippen LogP contribution in [-0.2, 0) is 16.0 Å². The SMILES string of the molecule is CCOc1ccc(NC(=O)Nc2cc(C(=O)N3CCC4(CC3)OCCO4)ccc2N2CC3CC(C2)c2cccc(=O)n2C3)cc1. The number of piperidine rings is 2. The number of rotatable bonds is 6. The van der Waals surface area contributed by atoms with E-state index in [4.69, 9.17) is 14.2 Å². The van der Waals surface area contributed by atoms with Gasteiger partial charge in [0.2, 0.25) is 0 Å². The number of urea groups is 1. The molecule has 1 spiro atoms. The highest BCUT2D eigenvalue weighted by Gasteiger charge is 2.41. The molecule has 2 atom stereocenters. The molecular formula is C34H39N5O6. The molecule has 0 saturated carbocycles. The molecule has 4 aliphatic heterocycles. The topological polar surface area (TPSA) is 114 Å². The maximum atomic E-state index is 13.7. The van der Waals surface area contributed by atoms with Crippen molar-refractivity contribution < 1.29 is 23.8 Å². The molecule has 2 aromatic carbocycles. The van der Waals surface area contributed by atoms with Gasteiger partial charge in [0, 0.05) is 74.5 Å². The van der Waals surface area contributed by atoms with E-state index in [1.165, 1.54) is 0 Å². The summed E-state index contributed by atoms with van der Waals surface area (Å²) in [6, 6.07) is 17.9. The Hall–Kier alpha value is -4.35. The highest BCUT2D eigenvalue weighted by Crippen LogP contribution is 2.40. The first-order chi connectivity index (χ1) is 21.9. The van der Waals surface area contributed by atoms with E-state index in [0.717, 1.165) is 30.1 Å². The molecule has 3 fully saturated rings.